The molecule has 5 heteroatoms. The summed E-state index contributed by atoms with van der Waals surface area (Å²) in [5.74, 6) is 0. The Morgan fingerprint density at radius 3 is 2.45 bits per heavy atom. The first-order valence-electron chi connectivity index (χ1n) is 6.07. The van der Waals surface area contributed by atoms with Gasteiger partial charge in [0.1, 0.15) is 0 Å². The van der Waals surface area contributed by atoms with Crippen molar-refractivity contribution < 1.29 is 4.79 Å². The fourth-order valence-electron chi connectivity index (χ4n) is 1.70. The molecule has 0 aliphatic carbocycles. The number of thioether (sulfide) groups is 1. The van der Waals surface area contributed by atoms with Crippen LogP contribution in [-0.2, 0) is 0 Å². The van der Waals surface area contributed by atoms with Crippen molar-refractivity contribution in [1.29, 1.82) is 0 Å². The van der Waals surface area contributed by atoms with Crippen LogP contribution in [-0.4, -0.2) is 12.3 Å². The Kier molecular flexibility index (Phi) is 4.93. The summed E-state index contributed by atoms with van der Waals surface area (Å²) in [6.07, 6.45) is 2.01. The van der Waals surface area contributed by atoms with Crippen LogP contribution >= 0.6 is 23.4 Å². The Morgan fingerprint density at radius 2 is 1.80 bits per heavy atom. The minimum absolute atomic E-state index is 0.285. The molecule has 0 aromatic heterocycles. The van der Waals surface area contributed by atoms with Crippen molar-refractivity contribution in [3.8, 4) is 0 Å². The van der Waals surface area contributed by atoms with Crippen molar-refractivity contribution in [2.75, 3.05) is 16.9 Å². The summed E-state index contributed by atoms with van der Waals surface area (Å²) in [7, 11) is 0. The van der Waals surface area contributed by atoms with Gasteiger partial charge in [0.15, 0.2) is 0 Å². The molecule has 0 saturated heterocycles. The number of anilines is 2. The van der Waals surface area contributed by atoms with Gasteiger partial charge in [0.05, 0.1) is 0 Å². The summed E-state index contributed by atoms with van der Waals surface area (Å²) in [4.78, 5) is 13.1. The fourth-order valence-corrected chi connectivity index (χ4v) is 2.28. The molecular weight excluding hydrogens is 292 g/mol. The van der Waals surface area contributed by atoms with E-state index < -0.39 is 0 Å². The summed E-state index contributed by atoms with van der Waals surface area (Å²) < 4.78 is 0. The maximum absolute atomic E-state index is 11.9. The first-order valence-corrected chi connectivity index (χ1v) is 7.67. The summed E-state index contributed by atoms with van der Waals surface area (Å²) in [6, 6.07) is 12.8. The highest BCUT2D eigenvalue weighted by molar-refractivity contribution is 7.98. The second-order valence-corrected chi connectivity index (χ2v) is 5.51. The van der Waals surface area contributed by atoms with Gasteiger partial charge in [0, 0.05) is 21.3 Å². The highest BCUT2D eigenvalue weighted by Gasteiger charge is 2.06. The number of urea groups is 1. The second-order valence-electron chi connectivity index (χ2n) is 4.22. The standard InChI is InChI=1S/C15H15ClN2OS/c1-10-13(16)4-3-5-14(10)18-15(19)17-11-6-8-12(20-2)9-7-11/h3-9H,1-2H3,(H2,17,18,19). The normalized spacial score (nSPS) is 10.2. The Morgan fingerprint density at radius 1 is 1.10 bits per heavy atom. The zero-order chi connectivity index (χ0) is 14.5. The fraction of sp³-hybridized carbons (Fsp3) is 0.133. The van der Waals surface area contributed by atoms with Crippen LogP contribution in [0, 0.1) is 6.92 Å². The number of nitrogens with one attached hydrogen (secondary N) is 2. The molecule has 0 spiro atoms. The summed E-state index contributed by atoms with van der Waals surface area (Å²) in [5, 5.41) is 6.21. The number of halogens is 1. The molecule has 0 atom stereocenters. The van der Waals surface area contributed by atoms with Crippen LogP contribution in [0.25, 0.3) is 0 Å². The third kappa shape index (κ3) is 3.68. The second kappa shape index (κ2) is 6.68. The Labute approximate surface area is 127 Å². The van der Waals surface area contributed by atoms with Crippen molar-refractivity contribution in [1.82, 2.24) is 0 Å². The van der Waals surface area contributed by atoms with Gasteiger partial charge in [-0.3, -0.25) is 0 Å². The Balaban J connectivity index is 2.03. The molecule has 2 aromatic carbocycles. The van der Waals surface area contributed by atoms with Crippen LogP contribution in [0.5, 0.6) is 0 Å². The van der Waals surface area contributed by atoms with Gasteiger partial charge in [-0.05, 0) is 55.1 Å². The lowest BCUT2D eigenvalue weighted by atomic mass is 10.2. The molecule has 2 N–H and O–H groups in total. The zero-order valence-corrected chi connectivity index (χ0v) is 12.8. The molecule has 0 aliphatic rings. The van der Waals surface area contributed by atoms with Crippen molar-refractivity contribution >= 4 is 40.8 Å². The molecule has 0 bridgehead atoms. The van der Waals surface area contributed by atoms with E-state index >= 15 is 0 Å². The molecule has 0 saturated carbocycles. The molecule has 2 amide bonds. The van der Waals surface area contributed by atoms with Crippen molar-refractivity contribution in [2.24, 2.45) is 0 Å². The van der Waals surface area contributed by atoms with E-state index in [9.17, 15) is 4.79 Å². The van der Waals surface area contributed by atoms with E-state index in [1.807, 2.05) is 43.5 Å². The van der Waals surface area contributed by atoms with Gasteiger partial charge in [-0.25, -0.2) is 4.79 Å². The third-order valence-electron chi connectivity index (χ3n) is 2.86. The van der Waals surface area contributed by atoms with Crippen LogP contribution < -0.4 is 10.6 Å². The topological polar surface area (TPSA) is 41.1 Å². The lowest BCUT2D eigenvalue weighted by Crippen LogP contribution is -2.19. The van der Waals surface area contributed by atoms with Crippen LogP contribution in [0.4, 0.5) is 16.2 Å². The molecule has 20 heavy (non-hydrogen) atoms. The van der Waals surface area contributed by atoms with Gasteiger partial charge >= 0.3 is 6.03 Å². The van der Waals surface area contributed by atoms with E-state index in [0.29, 0.717) is 10.7 Å². The van der Waals surface area contributed by atoms with E-state index in [1.165, 1.54) is 0 Å². The van der Waals surface area contributed by atoms with E-state index in [0.717, 1.165) is 16.1 Å². The molecule has 0 radical (unpaired) electrons. The number of rotatable bonds is 3. The SMILES string of the molecule is CSc1ccc(NC(=O)Nc2cccc(Cl)c2C)cc1. The number of carbonyl (C=O) groups excluding carboxylic acids is 1. The maximum Gasteiger partial charge on any atom is 0.323 e. The van der Waals surface area contributed by atoms with Gasteiger partial charge in [-0.1, -0.05) is 17.7 Å². The Bertz CT molecular complexity index is 614. The molecule has 0 heterocycles. The average Bonchev–Trinajstić information content (AvgIpc) is 2.45. The molecule has 0 aliphatic heterocycles. The van der Waals surface area contributed by atoms with Crippen LogP contribution in [0.3, 0.4) is 0 Å². The lowest BCUT2D eigenvalue weighted by Gasteiger charge is -2.11. The number of amides is 2. The van der Waals surface area contributed by atoms with Gasteiger partial charge < -0.3 is 10.6 Å². The van der Waals surface area contributed by atoms with Crippen LogP contribution in [0.2, 0.25) is 5.02 Å². The largest absolute Gasteiger partial charge is 0.323 e. The van der Waals surface area contributed by atoms with Gasteiger partial charge in [-0.15, -0.1) is 11.8 Å². The summed E-state index contributed by atoms with van der Waals surface area (Å²) >= 11 is 7.68. The predicted octanol–water partition coefficient (Wildman–Crippen LogP) is 5.01. The molecule has 104 valence electrons. The zero-order valence-electron chi connectivity index (χ0n) is 11.2. The average molecular weight is 307 g/mol. The maximum atomic E-state index is 11.9. The minimum Gasteiger partial charge on any atom is -0.308 e. The van der Waals surface area contributed by atoms with E-state index in [-0.39, 0.29) is 6.03 Å². The molecule has 0 fully saturated rings. The summed E-state index contributed by atoms with van der Waals surface area (Å²) in [6.45, 7) is 1.87. The highest BCUT2D eigenvalue weighted by Crippen LogP contribution is 2.23. The first-order chi connectivity index (χ1) is 9.60. The van der Waals surface area contributed by atoms with Crippen molar-refractivity contribution in [2.45, 2.75) is 11.8 Å². The number of hydrogen-bond donors (Lipinski definition) is 2. The van der Waals surface area contributed by atoms with E-state index in [1.54, 1.807) is 23.9 Å². The van der Waals surface area contributed by atoms with Crippen LogP contribution in [0.1, 0.15) is 5.56 Å². The minimum atomic E-state index is -0.285. The third-order valence-corrected chi connectivity index (χ3v) is 4.02. The molecule has 3 nitrogen and oxygen atoms in total. The molecule has 2 rings (SSSR count). The van der Waals surface area contributed by atoms with Crippen LogP contribution in [0.15, 0.2) is 47.4 Å². The number of hydrogen-bond acceptors (Lipinski definition) is 2. The highest BCUT2D eigenvalue weighted by atomic mass is 35.5. The van der Waals surface area contributed by atoms with Crippen molar-refractivity contribution in [3.05, 3.63) is 53.1 Å². The number of carbonyl (C=O) groups is 1. The van der Waals surface area contributed by atoms with Crippen molar-refractivity contribution in [3.63, 3.8) is 0 Å². The monoisotopic (exact) mass is 306 g/mol. The van der Waals surface area contributed by atoms with E-state index in [2.05, 4.69) is 10.6 Å². The lowest BCUT2D eigenvalue weighted by molar-refractivity contribution is 0.262. The number of benzene rings is 2. The summed E-state index contributed by atoms with van der Waals surface area (Å²) in [5.41, 5.74) is 2.30. The Hall–Kier alpha value is -1.65. The predicted molar refractivity (Wildman–Crippen MR) is 87.1 cm³/mol. The first kappa shape index (κ1) is 14.8. The van der Waals surface area contributed by atoms with E-state index in [4.69, 9.17) is 11.6 Å². The smallest absolute Gasteiger partial charge is 0.308 e. The molecule has 2 aromatic rings. The molecule has 0 unspecified atom stereocenters. The quantitative estimate of drug-likeness (QED) is 0.782. The van der Waals surface area contributed by atoms with Gasteiger partial charge in [-0.2, -0.15) is 0 Å². The van der Waals surface area contributed by atoms with Gasteiger partial charge in [0.2, 0.25) is 0 Å². The molecular formula is C15H15ClN2OS. The van der Waals surface area contributed by atoms with Gasteiger partial charge in [0.25, 0.3) is 0 Å².